The molecule has 2 aliphatic rings. The Morgan fingerprint density at radius 1 is 0.952 bits per heavy atom. The van der Waals surface area contributed by atoms with Crippen molar-refractivity contribution in [1.29, 1.82) is 0 Å². The third-order valence-corrected chi connectivity index (χ3v) is 9.04. The summed E-state index contributed by atoms with van der Waals surface area (Å²) in [7, 11) is 3.20. The molecule has 1 amide bonds. The van der Waals surface area contributed by atoms with E-state index in [2.05, 4.69) is 70.2 Å². The molecule has 1 unspecified atom stereocenters. The van der Waals surface area contributed by atoms with Crippen LogP contribution in [-0.4, -0.2) is 54.6 Å². The molecule has 0 spiro atoms. The van der Waals surface area contributed by atoms with E-state index in [0.29, 0.717) is 54.7 Å². The molecule has 42 heavy (non-hydrogen) atoms. The number of benzene rings is 3. The SMILES string of the molecule is COc1cc2nc(N3CCC(Cc4ccccc4)(C(=O)N4CCCC4c4ccc(C)cc4)CC3)nc(N)c2cc1OC. The fourth-order valence-electron chi connectivity index (χ4n) is 6.65. The van der Waals surface area contributed by atoms with Crippen molar-refractivity contribution in [2.75, 3.05) is 44.5 Å². The highest BCUT2D eigenvalue weighted by molar-refractivity contribution is 5.92. The molecule has 2 saturated heterocycles. The Bertz CT molecular complexity index is 1570. The molecule has 2 N–H and O–H groups in total. The number of methoxy groups -OCH3 is 2. The van der Waals surface area contributed by atoms with Gasteiger partial charge in [-0.15, -0.1) is 0 Å². The maximum absolute atomic E-state index is 14.6. The first-order valence-corrected chi connectivity index (χ1v) is 14.8. The Balaban J connectivity index is 1.29. The van der Waals surface area contributed by atoms with Gasteiger partial charge in [-0.05, 0) is 56.2 Å². The summed E-state index contributed by atoms with van der Waals surface area (Å²) in [5.74, 6) is 2.41. The van der Waals surface area contributed by atoms with E-state index >= 15 is 0 Å². The molecule has 3 heterocycles. The van der Waals surface area contributed by atoms with Gasteiger partial charge in [-0.3, -0.25) is 4.79 Å². The van der Waals surface area contributed by atoms with Gasteiger partial charge < -0.3 is 25.0 Å². The Morgan fingerprint density at radius 3 is 2.33 bits per heavy atom. The van der Waals surface area contributed by atoms with Crippen molar-refractivity contribution >= 4 is 28.6 Å². The summed E-state index contributed by atoms with van der Waals surface area (Å²) in [5, 5.41) is 0.721. The van der Waals surface area contributed by atoms with Gasteiger partial charge >= 0.3 is 0 Å². The van der Waals surface area contributed by atoms with E-state index in [-0.39, 0.29) is 11.9 Å². The fraction of sp³-hybridized carbons (Fsp3) is 0.382. The molecule has 0 aliphatic carbocycles. The topological polar surface area (TPSA) is 93.8 Å². The summed E-state index contributed by atoms with van der Waals surface area (Å²) in [5.41, 5.74) is 10.3. The molecule has 1 aromatic heterocycles. The van der Waals surface area contributed by atoms with Crippen LogP contribution in [0, 0.1) is 12.3 Å². The van der Waals surface area contributed by atoms with Gasteiger partial charge in [-0.25, -0.2) is 4.98 Å². The molecule has 0 bridgehead atoms. The molecule has 0 saturated carbocycles. The van der Waals surface area contributed by atoms with Crippen molar-refractivity contribution in [3.63, 3.8) is 0 Å². The smallest absolute Gasteiger partial charge is 0.229 e. The lowest BCUT2D eigenvalue weighted by Gasteiger charge is -2.44. The minimum atomic E-state index is -0.496. The van der Waals surface area contributed by atoms with E-state index < -0.39 is 5.41 Å². The maximum atomic E-state index is 14.6. The number of rotatable bonds is 7. The average molecular weight is 566 g/mol. The number of aromatic nitrogens is 2. The predicted octanol–water partition coefficient (Wildman–Crippen LogP) is 5.73. The first kappa shape index (κ1) is 27.8. The van der Waals surface area contributed by atoms with Gasteiger partial charge in [-0.2, -0.15) is 4.98 Å². The highest BCUT2D eigenvalue weighted by Crippen LogP contribution is 2.43. The zero-order valence-corrected chi connectivity index (χ0v) is 24.7. The second-order valence-corrected chi connectivity index (χ2v) is 11.6. The number of hydrogen-bond donors (Lipinski definition) is 1. The van der Waals surface area contributed by atoms with E-state index in [1.165, 1.54) is 16.7 Å². The first-order chi connectivity index (χ1) is 20.4. The van der Waals surface area contributed by atoms with Gasteiger partial charge in [0.05, 0.1) is 31.2 Å². The van der Waals surface area contributed by atoms with E-state index in [1.54, 1.807) is 14.2 Å². The van der Waals surface area contributed by atoms with Crippen LogP contribution in [0.2, 0.25) is 0 Å². The number of nitrogen functional groups attached to an aromatic ring is 1. The second kappa shape index (κ2) is 11.5. The normalized spacial score (nSPS) is 18.3. The third kappa shape index (κ3) is 5.22. The summed E-state index contributed by atoms with van der Waals surface area (Å²) in [6.07, 6.45) is 4.17. The van der Waals surface area contributed by atoms with Crippen LogP contribution in [-0.2, 0) is 11.2 Å². The zero-order chi connectivity index (χ0) is 29.3. The lowest BCUT2D eigenvalue weighted by atomic mass is 9.72. The molecule has 3 aromatic carbocycles. The van der Waals surface area contributed by atoms with Gasteiger partial charge in [0.15, 0.2) is 11.5 Å². The molecule has 6 rings (SSSR count). The van der Waals surface area contributed by atoms with Crippen LogP contribution < -0.4 is 20.1 Å². The Morgan fingerprint density at radius 2 is 1.64 bits per heavy atom. The van der Waals surface area contributed by atoms with Crippen molar-refractivity contribution in [3.8, 4) is 11.5 Å². The van der Waals surface area contributed by atoms with Crippen LogP contribution >= 0.6 is 0 Å². The number of carbonyl (C=O) groups excluding carboxylic acids is 1. The van der Waals surface area contributed by atoms with Gasteiger partial charge in [0.2, 0.25) is 11.9 Å². The summed E-state index contributed by atoms with van der Waals surface area (Å²) in [4.78, 5) is 28.5. The molecule has 8 heteroatoms. The highest BCUT2D eigenvalue weighted by Gasteiger charge is 2.46. The van der Waals surface area contributed by atoms with Gasteiger partial charge in [-0.1, -0.05) is 60.2 Å². The Kier molecular flexibility index (Phi) is 7.62. The largest absolute Gasteiger partial charge is 0.493 e. The molecule has 218 valence electrons. The number of amides is 1. The number of anilines is 2. The monoisotopic (exact) mass is 565 g/mol. The van der Waals surface area contributed by atoms with E-state index in [1.807, 2.05) is 18.2 Å². The third-order valence-electron chi connectivity index (χ3n) is 9.04. The minimum absolute atomic E-state index is 0.124. The number of fused-ring (bicyclic) bond motifs is 1. The molecule has 1 atom stereocenters. The summed E-state index contributed by atoms with van der Waals surface area (Å²) >= 11 is 0. The lowest BCUT2D eigenvalue weighted by Crippen LogP contribution is -2.51. The van der Waals surface area contributed by atoms with Crippen molar-refractivity contribution in [3.05, 3.63) is 83.4 Å². The van der Waals surface area contributed by atoms with Crippen LogP contribution in [0.1, 0.15) is 48.4 Å². The van der Waals surface area contributed by atoms with Crippen LogP contribution in [0.25, 0.3) is 10.9 Å². The van der Waals surface area contributed by atoms with Crippen molar-refractivity contribution in [2.24, 2.45) is 5.41 Å². The predicted molar refractivity (Wildman–Crippen MR) is 166 cm³/mol. The minimum Gasteiger partial charge on any atom is -0.493 e. The van der Waals surface area contributed by atoms with Crippen LogP contribution in [0.4, 0.5) is 11.8 Å². The number of ether oxygens (including phenoxy) is 2. The molecular formula is C34H39N5O3. The van der Waals surface area contributed by atoms with Crippen molar-refractivity contribution in [2.45, 2.75) is 45.1 Å². The van der Waals surface area contributed by atoms with Crippen molar-refractivity contribution < 1.29 is 14.3 Å². The quantitative estimate of drug-likeness (QED) is 0.306. The number of nitrogens with zero attached hydrogens (tertiary/aromatic N) is 4. The van der Waals surface area contributed by atoms with Gasteiger partial charge in [0.25, 0.3) is 0 Å². The van der Waals surface area contributed by atoms with Crippen molar-refractivity contribution in [1.82, 2.24) is 14.9 Å². The first-order valence-electron chi connectivity index (χ1n) is 14.8. The Labute approximate surface area is 247 Å². The second-order valence-electron chi connectivity index (χ2n) is 11.6. The average Bonchev–Trinajstić information content (AvgIpc) is 3.51. The highest BCUT2D eigenvalue weighted by atomic mass is 16.5. The molecule has 4 aromatic rings. The summed E-state index contributed by atoms with van der Waals surface area (Å²) < 4.78 is 10.9. The summed E-state index contributed by atoms with van der Waals surface area (Å²) in [6, 6.07) is 22.9. The fourth-order valence-corrected chi connectivity index (χ4v) is 6.65. The van der Waals surface area contributed by atoms with E-state index in [0.717, 1.165) is 31.2 Å². The van der Waals surface area contributed by atoms with Crippen LogP contribution in [0.15, 0.2) is 66.7 Å². The maximum Gasteiger partial charge on any atom is 0.229 e. The van der Waals surface area contributed by atoms with Crippen LogP contribution in [0.3, 0.4) is 0 Å². The summed E-state index contributed by atoms with van der Waals surface area (Å²) in [6.45, 7) is 4.23. The molecule has 0 radical (unpaired) electrons. The number of aryl methyl sites for hydroxylation is 1. The van der Waals surface area contributed by atoms with Gasteiger partial charge in [0.1, 0.15) is 5.82 Å². The van der Waals surface area contributed by atoms with E-state index in [4.69, 9.17) is 20.2 Å². The molecule has 2 fully saturated rings. The zero-order valence-electron chi connectivity index (χ0n) is 24.7. The molecule has 8 nitrogen and oxygen atoms in total. The number of nitrogens with two attached hydrogens (primary N) is 1. The number of carbonyl (C=O) groups is 1. The van der Waals surface area contributed by atoms with Crippen LogP contribution in [0.5, 0.6) is 11.5 Å². The molecule has 2 aliphatic heterocycles. The Hall–Kier alpha value is -4.33. The van der Waals surface area contributed by atoms with E-state index in [9.17, 15) is 4.79 Å². The standard InChI is InChI=1S/C34H39N5O3/c1-23-11-13-25(14-12-23)28-10-7-17-39(28)32(40)34(22-24-8-5-4-6-9-24)15-18-38(19-16-34)33-36-27-21-30(42-3)29(41-2)20-26(27)31(35)37-33/h4-6,8-9,11-14,20-21,28H,7,10,15-19,22H2,1-3H3,(H2,35,36,37). The number of hydrogen-bond acceptors (Lipinski definition) is 7. The molecular weight excluding hydrogens is 526 g/mol. The van der Waals surface area contributed by atoms with Gasteiger partial charge in [0, 0.05) is 31.1 Å². The number of piperidine rings is 1. The lowest BCUT2D eigenvalue weighted by molar-refractivity contribution is -0.144. The number of likely N-dealkylation sites (tertiary alicyclic amines) is 1.